The molecule has 6 heteroatoms. The predicted molar refractivity (Wildman–Crippen MR) is 70.8 cm³/mol. The van der Waals surface area contributed by atoms with Crippen LogP contribution in [0.4, 0.5) is 13.2 Å². The van der Waals surface area contributed by atoms with Crippen molar-refractivity contribution in [3.8, 4) is 0 Å². The molecule has 0 aliphatic rings. The van der Waals surface area contributed by atoms with Crippen molar-refractivity contribution >= 4 is 10.8 Å². The van der Waals surface area contributed by atoms with Crippen LogP contribution in [0.5, 0.6) is 0 Å². The lowest BCUT2D eigenvalue weighted by Crippen LogP contribution is -2.06. The molecule has 106 valence electrons. The maximum Gasteiger partial charge on any atom is 0.142 e. The number of benzene rings is 2. The molecule has 0 spiro atoms. The fourth-order valence-corrected chi connectivity index (χ4v) is 2.94. The van der Waals surface area contributed by atoms with Crippen LogP contribution in [-0.4, -0.2) is 4.21 Å². The Balaban J connectivity index is 2.28. The molecule has 1 atom stereocenters. The Kier molecular flexibility index (Phi) is 4.57. The smallest absolute Gasteiger partial charge is 0.142 e. The first kappa shape index (κ1) is 14.7. The second-order valence-corrected chi connectivity index (χ2v) is 5.58. The Labute approximate surface area is 116 Å². The minimum atomic E-state index is -1.80. The van der Waals surface area contributed by atoms with Crippen LogP contribution in [0.2, 0.25) is 0 Å². The Morgan fingerprint density at radius 3 is 2.40 bits per heavy atom. The van der Waals surface area contributed by atoms with Gasteiger partial charge in [0.2, 0.25) is 0 Å². The molecule has 2 aromatic rings. The van der Waals surface area contributed by atoms with Gasteiger partial charge in [-0.15, -0.1) is 0 Å². The van der Waals surface area contributed by atoms with E-state index in [1.54, 1.807) is 6.07 Å². The van der Waals surface area contributed by atoms with Crippen molar-refractivity contribution in [2.75, 3.05) is 0 Å². The molecule has 0 saturated carbocycles. The van der Waals surface area contributed by atoms with Gasteiger partial charge in [-0.05, 0) is 12.1 Å². The summed E-state index contributed by atoms with van der Waals surface area (Å²) in [6, 6.07) is 7.36. The molecular weight excluding hydrogens is 287 g/mol. The molecule has 2 nitrogen and oxygen atoms in total. The Bertz CT molecular complexity index is 661. The summed E-state index contributed by atoms with van der Waals surface area (Å²) in [4.78, 5) is -0.149. The van der Waals surface area contributed by atoms with Gasteiger partial charge in [-0.25, -0.2) is 13.2 Å². The molecule has 2 aromatic carbocycles. The van der Waals surface area contributed by atoms with Crippen LogP contribution < -0.4 is 5.73 Å². The van der Waals surface area contributed by atoms with Gasteiger partial charge in [-0.2, -0.15) is 0 Å². The molecule has 0 heterocycles. The van der Waals surface area contributed by atoms with Gasteiger partial charge in [0.25, 0.3) is 0 Å². The van der Waals surface area contributed by atoms with Gasteiger partial charge in [0.15, 0.2) is 0 Å². The van der Waals surface area contributed by atoms with Crippen molar-refractivity contribution in [1.82, 2.24) is 0 Å². The van der Waals surface area contributed by atoms with E-state index < -0.39 is 28.3 Å². The van der Waals surface area contributed by atoms with E-state index in [9.17, 15) is 17.4 Å². The zero-order valence-electron chi connectivity index (χ0n) is 10.4. The number of hydrogen-bond acceptors (Lipinski definition) is 2. The van der Waals surface area contributed by atoms with Crippen LogP contribution in [-0.2, 0) is 23.1 Å². The number of rotatable bonds is 4. The highest BCUT2D eigenvalue weighted by molar-refractivity contribution is 7.84. The van der Waals surface area contributed by atoms with Crippen LogP contribution in [0.3, 0.4) is 0 Å². The standard InChI is InChI=1S/C14H12F3NOS/c15-11-4-5-13(12(16)6-11)20(19)8-10-3-1-2-9(7-18)14(10)17/h1-6H,7-8,18H2. The molecule has 0 aromatic heterocycles. The summed E-state index contributed by atoms with van der Waals surface area (Å²) in [7, 11) is -1.80. The summed E-state index contributed by atoms with van der Waals surface area (Å²) in [5.74, 6) is -2.38. The summed E-state index contributed by atoms with van der Waals surface area (Å²) in [6.07, 6.45) is 0. The molecule has 0 bridgehead atoms. The summed E-state index contributed by atoms with van der Waals surface area (Å²) < 4.78 is 52.3. The Morgan fingerprint density at radius 1 is 1.05 bits per heavy atom. The SMILES string of the molecule is NCc1cccc(CS(=O)c2ccc(F)cc2F)c1F. The van der Waals surface area contributed by atoms with Gasteiger partial charge in [-0.1, -0.05) is 18.2 Å². The first-order valence-electron chi connectivity index (χ1n) is 5.82. The number of hydrogen-bond donors (Lipinski definition) is 1. The number of nitrogens with two attached hydrogens (primary N) is 1. The van der Waals surface area contributed by atoms with Crippen molar-refractivity contribution in [2.24, 2.45) is 5.73 Å². The maximum absolute atomic E-state index is 13.9. The van der Waals surface area contributed by atoms with Gasteiger partial charge < -0.3 is 5.73 Å². The third-order valence-electron chi connectivity index (χ3n) is 2.80. The summed E-state index contributed by atoms with van der Waals surface area (Å²) in [5, 5.41) is 0. The van der Waals surface area contributed by atoms with Crippen LogP contribution in [0.15, 0.2) is 41.3 Å². The molecule has 0 aliphatic heterocycles. The lowest BCUT2D eigenvalue weighted by atomic mass is 10.1. The number of halogens is 3. The largest absolute Gasteiger partial charge is 0.326 e. The molecule has 1 unspecified atom stereocenters. The summed E-state index contributed by atoms with van der Waals surface area (Å²) in [5.41, 5.74) is 5.88. The monoisotopic (exact) mass is 299 g/mol. The molecule has 20 heavy (non-hydrogen) atoms. The lowest BCUT2D eigenvalue weighted by Gasteiger charge is -2.08. The molecule has 0 amide bonds. The first-order chi connectivity index (χ1) is 9.52. The van der Waals surface area contributed by atoms with E-state index in [1.807, 2.05) is 0 Å². The van der Waals surface area contributed by atoms with Crippen LogP contribution in [0, 0.1) is 17.5 Å². The highest BCUT2D eigenvalue weighted by Gasteiger charge is 2.15. The third kappa shape index (κ3) is 3.08. The van der Waals surface area contributed by atoms with Crippen LogP contribution >= 0.6 is 0 Å². The first-order valence-corrected chi connectivity index (χ1v) is 7.14. The lowest BCUT2D eigenvalue weighted by molar-refractivity contribution is 0.561. The summed E-state index contributed by atoms with van der Waals surface area (Å²) in [6.45, 7) is 0.0250. The van der Waals surface area contributed by atoms with Gasteiger partial charge in [0, 0.05) is 23.7 Å². The van der Waals surface area contributed by atoms with Gasteiger partial charge in [0.1, 0.15) is 17.5 Å². The zero-order chi connectivity index (χ0) is 14.7. The van der Waals surface area contributed by atoms with E-state index in [0.717, 1.165) is 12.1 Å². The molecule has 2 N–H and O–H groups in total. The molecule has 2 rings (SSSR count). The Hall–Kier alpha value is -1.66. The average Bonchev–Trinajstić information content (AvgIpc) is 2.41. The summed E-state index contributed by atoms with van der Waals surface area (Å²) >= 11 is 0. The van der Waals surface area contributed by atoms with Crippen molar-refractivity contribution < 1.29 is 17.4 Å². The van der Waals surface area contributed by atoms with Crippen LogP contribution in [0.1, 0.15) is 11.1 Å². The van der Waals surface area contributed by atoms with Gasteiger partial charge in [0.05, 0.1) is 21.4 Å². The van der Waals surface area contributed by atoms with Crippen molar-refractivity contribution in [3.05, 3.63) is 65.0 Å². The molecular formula is C14H12F3NOS. The molecule has 0 saturated heterocycles. The fraction of sp³-hybridized carbons (Fsp3) is 0.143. The highest BCUT2D eigenvalue weighted by atomic mass is 32.2. The minimum absolute atomic E-state index is 0.0250. The van der Waals surface area contributed by atoms with E-state index in [-0.39, 0.29) is 22.8 Å². The van der Waals surface area contributed by atoms with Crippen molar-refractivity contribution in [3.63, 3.8) is 0 Å². The topological polar surface area (TPSA) is 43.1 Å². The normalized spacial score (nSPS) is 12.4. The second-order valence-electron chi connectivity index (χ2n) is 4.16. The van der Waals surface area contributed by atoms with Gasteiger partial charge in [-0.3, -0.25) is 4.21 Å². The molecule has 0 aliphatic carbocycles. The van der Waals surface area contributed by atoms with E-state index >= 15 is 0 Å². The maximum atomic E-state index is 13.9. The van der Waals surface area contributed by atoms with Gasteiger partial charge >= 0.3 is 0 Å². The quantitative estimate of drug-likeness (QED) is 0.943. The van der Waals surface area contributed by atoms with Crippen molar-refractivity contribution in [1.29, 1.82) is 0 Å². The van der Waals surface area contributed by atoms with Crippen LogP contribution in [0.25, 0.3) is 0 Å². The fourth-order valence-electron chi connectivity index (χ4n) is 1.78. The van der Waals surface area contributed by atoms with E-state index in [4.69, 9.17) is 5.73 Å². The second kappa shape index (κ2) is 6.19. The Morgan fingerprint density at radius 2 is 1.75 bits per heavy atom. The van der Waals surface area contributed by atoms with Crippen molar-refractivity contribution in [2.45, 2.75) is 17.2 Å². The third-order valence-corrected chi connectivity index (χ3v) is 4.20. The zero-order valence-corrected chi connectivity index (χ0v) is 11.2. The van der Waals surface area contributed by atoms with E-state index in [0.29, 0.717) is 11.6 Å². The predicted octanol–water partition coefficient (Wildman–Crippen LogP) is 2.87. The van der Waals surface area contributed by atoms with E-state index in [1.165, 1.54) is 12.1 Å². The average molecular weight is 299 g/mol. The molecule has 0 radical (unpaired) electrons. The highest BCUT2D eigenvalue weighted by Crippen LogP contribution is 2.20. The van der Waals surface area contributed by atoms with E-state index in [2.05, 4.69) is 0 Å². The minimum Gasteiger partial charge on any atom is -0.326 e. The molecule has 0 fully saturated rings.